The smallest absolute Gasteiger partial charge is 0.227 e. The number of nitrogens with one attached hydrogen (secondary N) is 2. The molecular formula is C19H22N2O3S. The second-order valence-electron chi connectivity index (χ2n) is 6.47. The lowest BCUT2D eigenvalue weighted by molar-refractivity contribution is -0.117. The largest absolute Gasteiger partial charge is 0.326 e. The zero-order valence-corrected chi connectivity index (χ0v) is 14.9. The summed E-state index contributed by atoms with van der Waals surface area (Å²) in [6, 6.07) is 16.0. The van der Waals surface area contributed by atoms with E-state index in [9.17, 15) is 13.2 Å². The maximum atomic E-state index is 12.3. The monoisotopic (exact) mass is 358 g/mol. The Hall–Kier alpha value is -2.18. The summed E-state index contributed by atoms with van der Waals surface area (Å²) >= 11 is 0. The molecule has 0 heterocycles. The maximum Gasteiger partial charge on any atom is 0.227 e. The van der Waals surface area contributed by atoms with Crippen LogP contribution in [0.5, 0.6) is 0 Å². The van der Waals surface area contributed by atoms with Gasteiger partial charge in [0.1, 0.15) is 0 Å². The number of hydrogen-bond acceptors (Lipinski definition) is 3. The minimum Gasteiger partial charge on any atom is -0.326 e. The molecular weight excluding hydrogens is 336 g/mol. The zero-order chi connectivity index (χ0) is 17.9. The highest BCUT2D eigenvalue weighted by Gasteiger charge is 2.29. The molecule has 2 N–H and O–H groups in total. The third kappa shape index (κ3) is 5.14. The zero-order valence-electron chi connectivity index (χ0n) is 14.1. The van der Waals surface area contributed by atoms with Crippen LogP contribution in [0.15, 0.2) is 54.6 Å². The molecule has 3 rings (SSSR count). The van der Waals surface area contributed by atoms with Gasteiger partial charge in [0, 0.05) is 17.6 Å². The molecule has 0 bridgehead atoms. The van der Waals surface area contributed by atoms with Crippen molar-refractivity contribution in [3.05, 3.63) is 65.7 Å². The van der Waals surface area contributed by atoms with Crippen molar-refractivity contribution in [3.8, 4) is 0 Å². The van der Waals surface area contributed by atoms with E-state index in [1.165, 1.54) is 0 Å². The van der Waals surface area contributed by atoms with Gasteiger partial charge in [0.15, 0.2) is 0 Å². The normalized spacial score (nSPS) is 15.6. The molecule has 1 amide bonds. The predicted molar refractivity (Wildman–Crippen MR) is 98.4 cm³/mol. The first kappa shape index (κ1) is 17.6. The van der Waals surface area contributed by atoms with E-state index in [0.29, 0.717) is 0 Å². The van der Waals surface area contributed by atoms with E-state index >= 15 is 0 Å². The van der Waals surface area contributed by atoms with Crippen molar-refractivity contribution in [1.82, 2.24) is 4.72 Å². The van der Waals surface area contributed by atoms with Gasteiger partial charge < -0.3 is 5.32 Å². The molecule has 1 aliphatic carbocycles. The van der Waals surface area contributed by atoms with Crippen LogP contribution >= 0.6 is 0 Å². The Morgan fingerprint density at radius 2 is 1.72 bits per heavy atom. The minimum atomic E-state index is -3.43. The minimum absolute atomic E-state index is 0.0479. The van der Waals surface area contributed by atoms with Gasteiger partial charge in [-0.1, -0.05) is 42.5 Å². The highest BCUT2D eigenvalue weighted by atomic mass is 32.2. The molecule has 0 radical (unpaired) electrons. The van der Waals surface area contributed by atoms with Crippen LogP contribution in [0.25, 0.3) is 0 Å². The maximum absolute atomic E-state index is 12.3. The van der Waals surface area contributed by atoms with E-state index in [1.807, 2.05) is 30.3 Å². The Bertz CT molecular complexity index is 829. The van der Waals surface area contributed by atoms with Crippen LogP contribution in [0.4, 0.5) is 5.69 Å². The number of hydrogen-bond donors (Lipinski definition) is 2. The van der Waals surface area contributed by atoms with E-state index in [-0.39, 0.29) is 23.6 Å². The Morgan fingerprint density at radius 3 is 2.32 bits per heavy atom. The van der Waals surface area contributed by atoms with Crippen LogP contribution in [0.3, 0.4) is 0 Å². The second-order valence-corrected chi connectivity index (χ2v) is 8.22. The van der Waals surface area contributed by atoms with Crippen LogP contribution in [-0.2, 0) is 20.6 Å². The first-order chi connectivity index (χ1) is 11.9. The molecule has 132 valence electrons. The van der Waals surface area contributed by atoms with Crippen molar-refractivity contribution in [3.63, 3.8) is 0 Å². The molecule has 0 spiro atoms. The number of benzene rings is 2. The third-order valence-electron chi connectivity index (χ3n) is 4.18. The van der Waals surface area contributed by atoms with Gasteiger partial charge in [-0.3, -0.25) is 4.79 Å². The summed E-state index contributed by atoms with van der Waals surface area (Å²) in [5, 5.41) is 2.87. The Balaban J connectivity index is 1.60. The number of amides is 1. The van der Waals surface area contributed by atoms with Crippen LogP contribution in [-0.4, -0.2) is 14.3 Å². The second kappa shape index (κ2) is 7.37. The fraction of sp³-hybridized carbons (Fsp3) is 0.316. The van der Waals surface area contributed by atoms with Crippen molar-refractivity contribution in [2.24, 2.45) is 5.92 Å². The lowest BCUT2D eigenvalue weighted by Gasteiger charge is -2.15. The first-order valence-electron chi connectivity index (χ1n) is 8.38. The molecule has 5 nitrogen and oxygen atoms in total. The van der Waals surface area contributed by atoms with Gasteiger partial charge in [0.05, 0.1) is 5.75 Å². The van der Waals surface area contributed by atoms with Gasteiger partial charge in [0.2, 0.25) is 15.9 Å². The number of sulfonamides is 1. The van der Waals surface area contributed by atoms with Crippen molar-refractivity contribution in [1.29, 1.82) is 0 Å². The summed E-state index contributed by atoms with van der Waals surface area (Å²) in [5.74, 6) is 0.168. The molecule has 2 aromatic carbocycles. The molecule has 1 fully saturated rings. The molecule has 1 aliphatic rings. The molecule has 1 atom stereocenters. The van der Waals surface area contributed by atoms with Gasteiger partial charge in [-0.15, -0.1) is 0 Å². The summed E-state index contributed by atoms with van der Waals surface area (Å²) in [7, 11) is -3.43. The van der Waals surface area contributed by atoms with Crippen LogP contribution in [0.1, 0.15) is 36.9 Å². The summed E-state index contributed by atoms with van der Waals surface area (Å²) in [6.45, 7) is 1.81. The van der Waals surface area contributed by atoms with Crippen molar-refractivity contribution >= 4 is 21.6 Å². The van der Waals surface area contributed by atoms with Crippen LogP contribution in [0, 0.1) is 5.92 Å². The van der Waals surface area contributed by atoms with Crippen LogP contribution < -0.4 is 10.0 Å². The highest BCUT2D eigenvalue weighted by Crippen LogP contribution is 2.30. The van der Waals surface area contributed by atoms with E-state index in [2.05, 4.69) is 10.0 Å². The van der Waals surface area contributed by atoms with Gasteiger partial charge >= 0.3 is 0 Å². The van der Waals surface area contributed by atoms with E-state index in [1.54, 1.807) is 31.2 Å². The molecule has 0 saturated heterocycles. The molecule has 1 unspecified atom stereocenters. The molecule has 0 aromatic heterocycles. The summed E-state index contributed by atoms with van der Waals surface area (Å²) < 4.78 is 27.3. The predicted octanol–water partition coefficient (Wildman–Crippen LogP) is 3.22. The highest BCUT2D eigenvalue weighted by molar-refractivity contribution is 7.88. The Morgan fingerprint density at radius 1 is 1.08 bits per heavy atom. The van der Waals surface area contributed by atoms with E-state index < -0.39 is 10.0 Å². The van der Waals surface area contributed by atoms with Gasteiger partial charge in [-0.25, -0.2) is 13.1 Å². The number of carbonyl (C=O) groups is 1. The average molecular weight is 358 g/mol. The molecule has 2 aromatic rings. The number of rotatable bonds is 7. The third-order valence-corrected chi connectivity index (χ3v) is 5.61. The number of anilines is 1. The quantitative estimate of drug-likeness (QED) is 0.798. The lowest BCUT2D eigenvalue weighted by atomic mass is 10.1. The summed E-state index contributed by atoms with van der Waals surface area (Å²) in [5.41, 5.74) is 2.33. The topological polar surface area (TPSA) is 75.3 Å². The van der Waals surface area contributed by atoms with E-state index in [0.717, 1.165) is 29.7 Å². The van der Waals surface area contributed by atoms with Crippen molar-refractivity contribution in [2.45, 2.75) is 31.6 Å². The van der Waals surface area contributed by atoms with Gasteiger partial charge in [-0.2, -0.15) is 0 Å². The Kier molecular flexibility index (Phi) is 5.20. The molecule has 6 heteroatoms. The molecule has 25 heavy (non-hydrogen) atoms. The SMILES string of the molecule is CC(NS(=O)(=O)Cc1ccccc1)c1ccc(NC(=O)C2CC2)cc1. The fourth-order valence-corrected chi connectivity index (χ4v) is 4.01. The summed E-state index contributed by atoms with van der Waals surface area (Å²) in [6.07, 6.45) is 1.92. The molecule has 1 saturated carbocycles. The fourth-order valence-electron chi connectivity index (χ4n) is 2.62. The van der Waals surface area contributed by atoms with Crippen molar-refractivity contribution < 1.29 is 13.2 Å². The molecule has 0 aliphatic heterocycles. The van der Waals surface area contributed by atoms with E-state index in [4.69, 9.17) is 0 Å². The van der Waals surface area contributed by atoms with Crippen molar-refractivity contribution in [2.75, 3.05) is 5.32 Å². The van der Waals surface area contributed by atoms with Gasteiger partial charge in [-0.05, 0) is 43.0 Å². The Labute approximate surface area is 148 Å². The number of carbonyl (C=O) groups excluding carboxylic acids is 1. The first-order valence-corrected chi connectivity index (χ1v) is 10.0. The van der Waals surface area contributed by atoms with Crippen LogP contribution in [0.2, 0.25) is 0 Å². The lowest BCUT2D eigenvalue weighted by Crippen LogP contribution is -2.28. The average Bonchev–Trinajstić information content (AvgIpc) is 3.40. The summed E-state index contributed by atoms with van der Waals surface area (Å²) in [4.78, 5) is 11.8. The standard InChI is InChI=1S/C19H22N2O3S/c1-14(21-25(23,24)13-15-5-3-2-4-6-15)16-9-11-18(12-10-16)20-19(22)17-7-8-17/h2-6,9-12,14,17,21H,7-8,13H2,1H3,(H,20,22). The van der Waals surface area contributed by atoms with Gasteiger partial charge in [0.25, 0.3) is 0 Å².